The lowest BCUT2D eigenvalue weighted by atomic mass is 9.95. The summed E-state index contributed by atoms with van der Waals surface area (Å²) in [6.07, 6.45) is 5.99. The van der Waals surface area contributed by atoms with Gasteiger partial charge in [-0.2, -0.15) is 0 Å². The fourth-order valence-corrected chi connectivity index (χ4v) is 7.60. The van der Waals surface area contributed by atoms with Gasteiger partial charge < -0.3 is 8.85 Å². The SMILES string of the molecule is C[Si]1(C)OC2CCCCC2O[Si]1(C)C. The Morgan fingerprint density at radius 1 is 0.786 bits per heavy atom. The summed E-state index contributed by atoms with van der Waals surface area (Å²) in [5, 5.41) is 0. The first kappa shape index (κ1) is 10.9. The highest BCUT2D eigenvalue weighted by Gasteiger charge is 2.53. The van der Waals surface area contributed by atoms with Gasteiger partial charge in [0, 0.05) is 0 Å². The van der Waals surface area contributed by atoms with Crippen molar-refractivity contribution in [1.29, 1.82) is 0 Å². The van der Waals surface area contributed by atoms with E-state index >= 15 is 0 Å². The van der Waals surface area contributed by atoms with Crippen LogP contribution in [0.3, 0.4) is 0 Å². The quantitative estimate of drug-likeness (QED) is 0.596. The second kappa shape index (κ2) is 3.44. The highest BCUT2D eigenvalue weighted by Crippen LogP contribution is 2.37. The highest BCUT2D eigenvalue weighted by molar-refractivity contribution is 7.35. The fourth-order valence-electron chi connectivity index (χ4n) is 2.37. The first-order valence-corrected chi connectivity index (χ1v) is 12.6. The van der Waals surface area contributed by atoms with Gasteiger partial charge >= 0.3 is 0 Å². The van der Waals surface area contributed by atoms with Gasteiger partial charge in [0.1, 0.15) is 0 Å². The smallest absolute Gasteiger partial charge is 0.205 e. The summed E-state index contributed by atoms with van der Waals surface area (Å²) in [6, 6.07) is 0. The molecule has 1 aliphatic carbocycles. The Labute approximate surface area is 89.0 Å². The average molecular weight is 230 g/mol. The van der Waals surface area contributed by atoms with Gasteiger partial charge in [0.15, 0.2) is 0 Å². The predicted octanol–water partition coefficient (Wildman–Crippen LogP) is 2.83. The van der Waals surface area contributed by atoms with E-state index in [1.807, 2.05) is 0 Å². The molecule has 82 valence electrons. The maximum Gasteiger partial charge on any atom is 0.205 e. The lowest BCUT2D eigenvalue weighted by Gasteiger charge is -2.50. The molecule has 0 aromatic rings. The number of rotatable bonds is 0. The lowest BCUT2D eigenvalue weighted by molar-refractivity contribution is -0.00229. The molecular formula is C10H22O2Si2. The van der Waals surface area contributed by atoms with Crippen LogP contribution in [0.25, 0.3) is 0 Å². The molecule has 1 saturated heterocycles. The Balaban J connectivity index is 2.14. The normalized spacial score (nSPS) is 40.3. The van der Waals surface area contributed by atoms with Gasteiger partial charge in [0.25, 0.3) is 0 Å². The predicted molar refractivity (Wildman–Crippen MR) is 63.2 cm³/mol. The third kappa shape index (κ3) is 1.73. The summed E-state index contributed by atoms with van der Waals surface area (Å²) >= 11 is 0. The first-order valence-electron chi connectivity index (χ1n) is 5.78. The van der Waals surface area contributed by atoms with Crippen LogP contribution >= 0.6 is 0 Å². The van der Waals surface area contributed by atoms with E-state index in [-0.39, 0.29) is 0 Å². The molecule has 2 aliphatic rings. The fraction of sp³-hybridized carbons (Fsp3) is 1.00. The maximum atomic E-state index is 6.37. The molecule has 0 radical (unpaired) electrons. The zero-order chi connectivity index (χ0) is 10.4. The summed E-state index contributed by atoms with van der Waals surface area (Å²) in [4.78, 5) is 0. The van der Waals surface area contributed by atoms with Gasteiger partial charge in [0.2, 0.25) is 15.7 Å². The molecule has 0 bridgehead atoms. The Bertz CT molecular complexity index is 204. The van der Waals surface area contributed by atoms with Crippen LogP contribution in [0.15, 0.2) is 0 Å². The molecule has 0 spiro atoms. The van der Waals surface area contributed by atoms with E-state index in [0.29, 0.717) is 12.2 Å². The van der Waals surface area contributed by atoms with Crippen LogP contribution in [0.2, 0.25) is 26.2 Å². The van der Waals surface area contributed by atoms with Crippen molar-refractivity contribution in [3.05, 3.63) is 0 Å². The van der Waals surface area contributed by atoms with Crippen LogP contribution < -0.4 is 0 Å². The molecule has 1 saturated carbocycles. The molecule has 0 N–H and O–H groups in total. The van der Waals surface area contributed by atoms with E-state index in [1.54, 1.807) is 0 Å². The van der Waals surface area contributed by atoms with Crippen LogP contribution in [-0.4, -0.2) is 27.9 Å². The van der Waals surface area contributed by atoms with Crippen molar-refractivity contribution >= 4 is 15.7 Å². The molecule has 4 heteroatoms. The van der Waals surface area contributed by atoms with E-state index in [2.05, 4.69) is 26.2 Å². The molecule has 14 heavy (non-hydrogen) atoms. The molecule has 2 nitrogen and oxygen atoms in total. The largest absolute Gasteiger partial charge is 0.412 e. The Morgan fingerprint density at radius 2 is 1.14 bits per heavy atom. The van der Waals surface area contributed by atoms with E-state index in [1.165, 1.54) is 25.7 Å². The Morgan fingerprint density at radius 3 is 1.50 bits per heavy atom. The van der Waals surface area contributed by atoms with Gasteiger partial charge in [-0.3, -0.25) is 0 Å². The van der Waals surface area contributed by atoms with Crippen molar-refractivity contribution in [2.45, 2.75) is 64.1 Å². The van der Waals surface area contributed by atoms with Gasteiger partial charge in [-0.25, -0.2) is 0 Å². The molecule has 1 heterocycles. The Kier molecular flexibility index (Phi) is 2.66. The average Bonchev–Trinajstić information content (AvgIpc) is 2.05. The van der Waals surface area contributed by atoms with E-state index in [4.69, 9.17) is 8.85 Å². The molecule has 0 aromatic carbocycles. The summed E-state index contributed by atoms with van der Waals surface area (Å²) in [7, 11) is -3.02. The maximum absolute atomic E-state index is 6.37. The van der Waals surface area contributed by atoms with Crippen LogP contribution in [0.5, 0.6) is 0 Å². The minimum absolute atomic E-state index is 0.436. The minimum Gasteiger partial charge on any atom is -0.412 e. The molecule has 2 unspecified atom stereocenters. The van der Waals surface area contributed by atoms with Crippen LogP contribution in [0.4, 0.5) is 0 Å². The van der Waals surface area contributed by atoms with Gasteiger partial charge in [-0.1, -0.05) is 12.8 Å². The highest BCUT2D eigenvalue weighted by atomic mass is 29.3. The van der Waals surface area contributed by atoms with Gasteiger partial charge in [-0.15, -0.1) is 0 Å². The molecule has 2 atom stereocenters. The van der Waals surface area contributed by atoms with Crippen molar-refractivity contribution in [2.24, 2.45) is 0 Å². The number of fused-ring (bicyclic) bond motifs is 1. The zero-order valence-corrected chi connectivity index (χ0v) is 11.8. The third-order valence-electron chi connectivity index (χ3n) is 3.98. The number of hydrogen-bond donors (Lipinski definition) is 0. The Hall–Kier alpha value is 0.354. The van der Waals surface area contributed by atoms with E-state index in [9.17, 15) is 0 Å². The molecule has 2 fully saturated rings. The van der Waals surface area contributed by atoms with Crippen molar-refractivity contribution in [1.82, 2.24) is 0 Å². The van der Waals surface area contributed by atoms with Gasteiger partial charge in [0.05, 0.1) is 12.2 Å². The topological polar surface area (TPSA) is 18.5 Å². The monoisotopic (exact) mass is 230 g/mol. The van der Waals surface area contributed by atoms with Crippen molar-refractivity contribution < 1.29 is 8.85 Å². The molecular weight excluding hydrogens is 208 g/mol. The van der Waals surface area contributed by atoms with Crippen molar-refractivity contribution in [3.8, 4) is 0 Å². The molecule has 0 amide bonds. The standard InChI is InChI=1S/C10H22O2Si2/c1-13(2)11-9-7-5-6-8-10(9)12-14(13,3)4/h9-10H,5-8H2,1-4H3. The van der Waals surface area contributed by atoms with Crippen LogP contribution in [0, 0.1) is 0 Å². The second-order valence-electron chi connectivity index (χ2n) is 5.62. The first-order chi connectivity index (χ1) is 6.42. The summed E-state index contributed by atoms with van der Waals surface area (Å²) in [5.41, 5.74) is 0. The molecule has 0 aromatic heterocycles. The van der Waals surface area contributed by atoms with E-state index in [0.717, 1.165) is 0 Å². The van der Waals surface area contributed by atoms with Crippen molar-refractivity contribution in [2.75, 3.05) is 0 Å². The summed E-state index contributed by atoms with van der Waals surface area (Å²) in [5.74, 6) is 0. The van der Waals surface area contributed by atoms with Gasteiger partial charge in [-0.05, 0) is 39.0 Å². The summed E-state index contributed by atoms with van der Waals surface area (Å²) < 4.78 is 12.7. The summed E-state index contributed by atoms with van der Waals surface area (Å²) in [6.45, 7) is 9.35. The third-order valence-corrected chi connectivity index (χ3v) is 18.1. The molecule has 1 aliphatic heterocycles. The van der Waals surface area contributed by atoms with Crippen LogP contribution in [-0.2, 0) is 8.85 Å². The number of hydrogen-bond acceptors (Lipinski definition) is 2. The van der Waals surface area contributed by atoms with E-state index < -0.39 is 15.7 Å². The lowest BCUT2D eigenvalue weighted by Crippen LogP contribution is -2.68. The van der Waals surface area contributed by atoms with Crippen LogP contribution in [0.1, 0.15) is 25.7 Å². The second-order valence-corrected chi connectivity index (χ2v) is 19.4. The zero-order valence-electron chi connectivity index (χ0n) is 9.80. The molecule has 2 rings (SSSR count). The minimum atomic E-state index is -1.51. The van der Waals surface area contributed by atoms with Crippen molar-refractivity contribution in [3.63, 3.8) is 0 Å².